The Kier molecular flexibility index (Phi) is 8.39. The maximum absolute atomic E-state index is 14.0. The molecule has 0 spiro atoms. The van der Waals surface area contributed by atoms with E-state index in [1.54, 1.807) is 48.5 Å². The zero-order chi connectivity index (χ0) is 23.6. The zero-order valence-electron chi connectivity index (χ0n) is 17.8. The number of carbonyl (C=O) groups excluding carboxylic acids is 1. The molecule has 33 heavy (non-hydrogen) atoms. The molecule has 0 radical (unpaired) electrons. The number of ether oxygens (including phenoxy) is 2. The molecule has 0 unspecified atom stereocenters. The Labute approximate surface area is 196 Å². The monoisotopic (exact) mass is 465 g/mol. The maximum atomic E-state index is 14.0. The number of hydrogen-bond donors (Lipinski definition) is 1. The lowest BCUT2D eigenvalue weighted by Crippen LogP contribution is -2.24. The van der Waals surface area contributed by atoms with Gasteiger partial charge in [0.25, 0.3) is 5.91 Å². The second kappa shape index (κ2) is 11.7. The van der Waals surface area contributed by atoms with E-state index in [0.29, 0.717) is 29.2 Å². The van der Waals surface area contributed by atoms with Gasteiger partial charge < -0.3 is 9.47 Å². The van der Waals surface area contributed by atoms with Gasteiger partial charge in [0, 0.05) is 5.56 Å². The molecule has 3 rings (SSSR count). The van der Waals surface area contributed by atoms with Crippen molar-refractivity contribution in [1.29, 1.82) is 5.26 Å². The largest absolute Gasteiger partial charge is 0.490 e. The Morgan fingerprint density at radius 2 is 1.94 bits per heavy atom. The second-order valence-corrected chi connectivity index (χ2v) is 7.24. The van der Waals surface area contributed by atoms with Gasteiger partial charge in [-0.2, -0.15) is 10.4 Å². The zero-order valence-corrected chi connectivity index (χ0v) is 18.6. The predicted molar refractivity (Wildman–Crippen MR) is 124 cm³/mol. The van der Waals surface area contributed by atoms with E-state index < -0.39 is 17.6 Å². The number of rotatable bonds is 9. The van der Waals surface area contributed by atoms with Gasteiger partial charge in [0.05, 0.1) is 23.9 Å². The van der Waals surface area contributed by atoms with Gasteiger partial charge in [-0.05, 0) is 48.4 Å². The molecule has 0 aliphatic carbocycles. The van der Waals surface area contributed by atoms with E-state index in [9.17, 15) is 14.4 Å². The first-order valence-electron chi connectivity index (χ1n) is 10.1. The molecule has 168 valence electrons. The highest BCUT2D eigenvalue weighted by Gasteiger charge is 2.19. The van der Waals surface area contributed by atoms with Crippen molar-refractivity contribution >= 4 is 23.7 Å². The van der Waals surface area contributed by atoms with Gasteiger partial charge in [-0.15, -0.1) is 0 Å². The number of nitrogens with one attached hydrogen (secondary N) is 1. The second-order valence-electron chi connectivity index (χ2n) is 6.84. The lowest BCUT2D eigenvalue weighted by Gasteiger charge is -2.13. The van der Waals surface area contributed by atoms with Crippen molar-refractivity contribution in [3.63, 3.8) is 0 Å². The Bertz CT molecular complexity index is 1160. The summed E-state index contributed by atoms with van der Waals surface area (Å²) >= 11 is 6.05. The minimum atomic E-state index is -0.969. The average Bonchev–Trinajstić information content (AvgIpc) is 2.81. The van der Waals surface area contributed by atoms with Gasteiger partial charge >= 0.3 is 0 Å². The first-order chi connectivity index (χ1) is 16.0. The molecule has 6 nitrogen and oxygen atoms in total. The van der Waals surface area contributed by atoms with Crippen LogP contribution in [-0.4, -0.2) is 18.7 Å². The number of amides is 1. The van der Waals surface area contributed by atoms with Crippen LogP contribution in [0.1, 0.15) is 29.5 Å². The molecule has 3 aromatic carbocycles. The van der Waals surface area contributed by atoms with Crippen LogP contribution in [0.5, 0.6) is 11.5 Å². The Morgan fingerprint density at radius 3 is 2.64 bits per heavy atom. The summed E-state index contributed by atoms with van der Waals surface area (Å²) in [7, 11) is 0. The summed E-state index contributed by atoms with van der Waals surface area (Å²) in [5.74, 6) is -1.12. The molecule has 0 fully saturated rings. The van der Waals surface area contributed by atoms with Gasteiger partial charge in [0.2, 0.25) is 0 Å². The number of carbonyl (C=O) groups is 1. The molecule has 1 atom stereocenters. The molecule has 0 aliphatic heterocycles. The van der Waals surface area contributed by atoms with Crippen molar-refractivity contribution in [2.45, 2.75) is 19.4 Å². The van der Waals surface area contributed by atoms with Crippen LogP contribution >= 0.6 is 11.6 Å². The van der Waals surface area contributed by atoms with Crippen LogP contribution in [-0.2, 0) is 11.4 Å². The van der Waals surface area contributed by atoms with Crippen molar-refractivity contribution < 1.29 is 18.7 Å². The number of hydrogen-bond acceptors (Lipinski definition) is 5. The predicted octanol–water partition coefficient (Wildman–Crippen LogP) is 5.21. The first kappa shape index (κ1) is 23.8. The molecule has 0 saturated heterocycles. The van der Waals surface area contributed by atoms with Crippen LogP contribution < -0.4 is 14.9 Å². The van der Waals surface area contributed by atoms with Crippen LogP contribution in [0.25, 0.3) is 0 Å². The fourth-order valence-corrected chi connectivity index (χ4v) is 3.20. The third-order valence-corrected chi connectivity index (χ3v) is 4.97. The van der Waals surface area contributed by atoms with E-state index in [4.69, 9.17) is 21.1 Å². The number of nitriles is 1. The van der Waals surface area contributed by atoms with Crippen LogP contribution in [0.15, 0.2) is 71.8 Å². The highest BCUT2D eigenvalue weighted by atomic mass is 35.5. The fourth-order valence-electron chi connectivity index (χ4n) is 2.98. The van der Waals surface area contributed by atoms with E-state index in [1.165, 1.54) is 18.3 Å². The van der Waals surface area contributed by atoms with Gasteiger partial charge in [0.15, 0.2) is 17.4 Å². The molecule has 0 aliphatic rings. The first-order valence-corrected chi connectivity index (χ1v) is 10.5. The third kappa shape index (κ3) is 6.31. The average molecular weight is 466 g/mol. The van der Waals surface area contributed by atoms with Gasteiger partial charge in [-0.3, -0.25) is 4.79 Å². The normalized spacial score (nSPS) is 11.6. The van der Waals surface area contributed by atoms with Crippen molar-refractivity contribution in [2.75, 3.05) is 6.61 Å². The van der Waals surface area contributed by atoms with Crippen molar-refractivity contribution in [2.24, 2.45) is 5.10 Å². The molecule has 0 aromatic heterocycles. The Balaban J connectivity index is 1.69. The molecule has 0 saturated carbocycles. The number of hydrazone groups is 1. The van der Waals surface area contributed by atoms with Gasteiger partial charge in [-0.25, -0.2) is 9.82 Å². The molecule has 0 heterocycles. The van der Waals surface area contributed by atoms with Crippen molar-refractivity contribution in [3.05, 3.63) is 94.3 Å². The molecule has 3 aromatic rings. The molecule has 1 amide bonds. The standard InChI is InChI=1S/C25H21ClFN3O3/c1-2-32-24-13-17(11-12-23(24)33-16-20-21(26)9-6-10-22(20)27)15-29-30-25(31)19(14-28)18-7-4-3-5-8-18/h3-13,15,19H,2,16H2,1H3,(H,30,31)/b29-15-/t19-/m0/s1. The van der Waals surface area contributed by atoms with Crippen LogP contribution in [0.4, 0.5) is 4.39 Å². The van der Waals surface area contributed by atoms with Crippen LogP contribution in [0.3, 0.4) is 0 Å². The summed E-state index contributed by atoms with van der Waals surface area (Å²) in [6.45, 7) is 2.14. The highest BCUT2D eigenvalue weighted by Crippen LogP contribution is 2.30. The smallest absolute Gasteiger partial charge is 0.261 e. The SMILES string of the molecule is CCOc1cc(/C=N\NC(=O)[C@@H](C#N)c2ccccc2)ccc1OCc1c(F)cccc1Cl. The minimum absolute atomic E-state index is 0.0654. The molecular weight excluding hydrogens is 445 g/mol. The third-order valence-electron chi connectivity index (χ3n) is 4.61. The van der Waals surface area contributed by atoms with E-state index in [1.807, 2.05) is 19.1 Å². The van der Waals surface area contributed by atoms with E-state index in [-0.39, 0.29) is 17.2 Å². The van der Waals surface area contributed by atoms with Crippen LogP contribution in [0, 0.1) is 17.1 Å². The van der Waals surface area contributed by atoms with E-state index in [2.05, 4.69) is 10.5 Å². The highest BCUT2D eigenvalue weighted by molar-refractivity contribution is 6.31. The van der Waals surface area contributed by atoms with Crippen molar-refractivity contribution in [3.8, 4) is 17.6 Å². The molecule has 0 bridgehead atoms. The summed E-state index contributed by atoms with van der Waals surface area (Å²) < 4.78 is 25.3. The summed E-state index contributed by atoms with van der Waals surface area (Å²) in [6.07, 6.45) is 1.43. The summed E-state index contributed by atoms with van der Waals surface area (Å²) in [6, 6.07) is 20.2. The van der Waals surface area contributed by atoms with Gasteiger partial charge in [-0.1, -0.05) is 48.0 Å². The van der Waals surface area contributed by atoms with E-state index in [0.717, 1.165) is 0 Å². The molecular formula is C25H21ClFN3O3. The maximum Gasteiger partial charge on any atom is 0.261 e. The van der Waals surface area contributed by atoms with Crippen LogP contribution in [0.2, 0.25) is 5.02 Å². The Hall–Kier alpha value is -3.89. The topological polar surface area (TPSA) is 83.7 Å². The minimum Gasteiger partial charge on any atom is -0.490 e. The number of nitrogens with zero attached hydrogens (tertiary/aromatic N) is 2. The molecule has 1 N–H and O–H groups in total. The number of benzene rings is 3. The summed E-state index contributed by atoms with van der Waals surface area (Å²) in [4.78, 5) is 12.3. The summed E-state index contributed by atoms with van der Waals surface area (Å²) in [5.41, 5.74) is 3.85. The lowest BCUT2D eigenvalue weighted by molar-refractivity contribution is -0.121. The number of halogens is 2. The molecule has 8 heteroatoms. The quantitative estimate of drug-likeness (QED) is 0.347. The van der Waals surface area contributed by atoms with Crippen molar-refractivity contribution in [1.82, 2.24) is 5.43 Å². The summed E-state index contributed by atoms with van der Waals surface area (Å²) in [5, 5.41) is 13.6. The van der Waals surface area contributed by atoms with E-state index >= 15 is 0 Å². The lowest BCUT2D eigenvalue weighted by atomic mass is 10.0. The van der Waals surface area contributed by atoms with Gasteiger partial charge in [0.1, 0.15) is 12.4 Å². The fraction of sp³-hybridized carbons (Fsp3) is 0.160. The Morgan fingerprint density at radius 1 is 1.15 bits per heavy atom.